The molecule has 5 fully saturated rings. The van der Waals surface area contributed by atoms with Crippen molar-refractivity contribution in [3.63, 3.8) is 0 Å². The second-order valence-corrected chi connectivity index (χ2v) is 35.1. The van der Waals surface area contributed by atoms with Gasteiger partial charge in [-0.3, -0.25) is 4.79 Å². The lowest BCUT2D eigenvalue weighted by molar-refractivity contribution is -0.251. The van der Waals surface area contributed by atoms with Gasteiger partial charge < -0.3 is 37.3 Å². The van der Waals surface area contributed by atoms with Gasteiger partial charge >= 0.3 is 0 Å². The molecule has 0 radical (unpaired) electrons. The van der Waals surface area contributed by atoms with Crippen LogP contribution in [0, 0.1) is 29.6 Å². The summed E-state index contributed by atoms with van der Waals surface area (Å²) in [5.41, 5.74) is 2.26. The van der Waals surface area contributed by atoms with Gasteiger partial charge in [0.1, 0.15) is 18.2 Å². The van der Waals surface area contributed by atoms with Gasteiger partial charge in [0.05, 0.1) is 67.1 Å². The molecule has 0 amide bonds. The van der Waals surface area contributed by atoms with Crippen molar-refractivity contribution in [2.45, 2.75) is 269 Å². The van der Waals surface area contributed by atoms with Gasteiger partial charge in [-0.05, 0) is 133 Å². The van der Waals surface area contributed by atoms with E-state index in [1.54, 1.807) is 0 Å². The Balaban J connectivity index is 1.28. The first-order valence-corrected chi connectivity index (χ1v) is 33.5. The molecule has 5 heterocycles. The van der Waals surface area contributed by atoms with Gasteiger partial charge in [-0.2, -0.15) is 0 Å². The largest absolute Gasteiger partial charge is 0.411 e. The highest BCUT2D eigenvalue weighted by molar-refractivity contribution is 14.1. The van der Waals surface area contributed by atoms with Crippen LogP contribution in [0.2, 0.25) is 36.3 Å². The Morgan fingerprint density at radius 1 is 0.836 bits per heavy atom. The van der Waals surface area contributed by atoms with Gasteiger partial charge in [-0.25, -0.2) is 0 Å². The normalized spacial score (nSPS) is 36.6. The van der Waals surface area contributed by atoms with Crippen LogP contribution in [0.5, 0.6) is 0 Å². The minimum Gasteiger partial charge on any atom is -0.411 e. The molecule has 0 N–H and O–H groups in total. The number of ether oxygens (including phenoxy) is 5. The van der Waals surface area contributed by atoms with Crippen LogP contribution >= 0.6 is 22.6 Å². The highest BCUT2D eigenvalue weighted by Gasteiger charge is 2.54. The number of hydrogen-bond donors (Lipinski definition) is 0. The number of aldehydes is 1. The lowest BCUT2D eigenvalue weighted by atomic mass is 9.78. The van der Waals surface area contributed by atoms with E-state index >= 15 is 0 Å². The molecule has 0 saturated carbocycles. The summed E-state index contributed by atoms with van der Waals surface area (Å²) >= 11 is 2.31. The predicted molar refractivity (Wildman–Crippen MR) is 286 cm³/mol. The maximum absolute atomic E-state index is 14.5. The van der Waals surface area contributed by atoms with E-state index in [0.717, 1.165) is 75.2 Å². The van der Waals surface area contributed by atoms with Crippen LogP contribution in [-0.4, -0.2) is 102 Å². The van der Waals surface area contributed by atoms with Crippen molar-refractivity contribution >= 4 is 51.3 Å². The van der Waals surface area contributed by atoms with Crippen LogP contribution in [0.4, 0.5) is 0 Å². The Bertz CT molecular complexity index is 1690. The zero-order chi connectivity index (χ0) is 49.8. The fraction of sp³-hybridized carbons (Fsp3) is 0.855. The first-order chi connectivity index (χ1) is 31.2. The van der Waals surface area contributed by atoms with Crippen LogP contribution in [0.1, 0.15) is 160 Å². The molecule has 0 spiro atoms. The minimum atomic E-state index is -2.24. The average molecular weight is 1080 g/mol. The van der Waals surface area contributed by atoms with E-state index in [2.05, 4.69) is 148 Å². The monoisotopic (exact) mass is 1080 g/mol. The molecule has 67 heavy (non-hydrogen) atoms. The van der Waals surface area contributed by atoms with Crippen molar-refractivity contribution in [3.05, 3.63) is 34.5 Å². The van der Waals surface area contributed by atoms with Gasteiger partial charge in [-0.15, -0.1) is 0 Å². The molecule has 5 aliphatic heterocycles. The third kappa shape index (κ3) is 14.6. The Morgan fingerprint density at radius 2 is 1.51 bits per heavy atom. The third-order valence-corrected chi connectivity index (χ3v) is 27.1. The highest BCUT2D eigenvalue weighted by Crippen LogP contribution is 2.47. The smallest absolute Gasteiger partial charge is 0.193 e. The molecule has 17 atom stereocenters. The molecule has 0 aliphatic carbocycles. The highest BCUT2D eigenvalue weighted by atomic mass is 127. The molecule has 5 saturated heterocycles. The van der Waals surface area contributed by atoms with Crippen LogP contribution in [0.25, 0.3) is 0 Å². The van der Waals surface area contributed by atoms with Crippen molar-refractivity contribution in [3.8, 4) is 0 Å². The van der Waals surface area contributed by atoms with E-state index in [0.29, 0.717) is 37.5 Å². The number of hydrogen-bond acceptors (Lipinski definition) is 9. The molecular formula is C55H95IO9Si2. The van der Waals surface area contributed by atoms with E-state index in [9.17, 15) is 9.59 Å². The van der Waals surface area contributed by atoms with E-state index in [-0.39, 0.29) is 107 Å². The lowest BCUT2D eigenvalue weighted by Gasteiger charge is -2.54. The third-order valence-electron chi connectivity index (χ3n) is 17.7. The number of ketones is 1. The van der Waals surface area contributed by atoms with Crippen molar-refractivity contribution < 1.29 is 42.1 Å². The van der Waals surface area contributed by atoms with Crippen molar-refractivity contribution in [2.24, 2.45) is 29.6 Å². The zero-order valence-electron chi connectivity index (χ0n) is 44.7. The van der Waals surface area contributed by atoms with Gasteiger partial charge in [-0.1, -0.05) is 118 Å². The number of halogens is 1. The standard InChI is InChI=1S/C55H95IO9Si2/c1-18-34(2)28-48-38(6)44(50(62-48)33-49-37(5)35(3)29-42(60-49)21-23-45-36(4)30-41(59-45)20-19-27-57)32-40(58)31-43-22-24-46-51(61-43)39(7)52(65-67(16,17)55(11,12)13)53(63-46)47(25-26-56)64-66(14,15)54(8,9)10/h25-27,34-35,38-39,41-53H,4-5,18-24,28-33H2,1-3,6-17H3/b26-25+/t34-,35-,38-,39+,41+,42+,43?,44-,45+,46+,47+,48-,49-,50+,51-,52+,53+/m1/s1. The fourth-order valence-corrected chi connectivity index (χ4v) is 13.9. The number of Topliss-reactive ketones (excluding diaryl/α,β-unsaturated/α-hetero) is 1. The number of carbonyl (C=O) groups excluding carboxylic acids is 2. The van der Waals surface area contributed by atoms with Crippen LogP contribution in [0.3, 0.4) is 0 Å². The van der Waals surface area contributed by atoms with Crippen molar-refractivity contribution in [1.29, 1.82) is 0 Å². The molecular weight excluding hydrogens is 988 g/mol. The van der Waals surface area contributed by atoms with Gasteiger partial charge in [0.15, 0.2) is 16.6 Å². The molecule has 0 bridgehead atoms. The molecule has 12 heteroatoms. The Labute approximate surface area is 424 Å². The second-order valence-electron chi connectivity index (χ2n) is 24.9. The molecule has 5 rings (SSSR count). The molecule has 384 valence electrons. The van der Waals surface area contributed by atoms with E-state index in [4.69, 9.17) is 32.5 Å². The average Bonchev–Trinajstić information content (AvgIpc) is 3.73. The number of carbonyl (C=O) groups is 2. The first-order valence-electron chi connectivity index (χ1n) is 26.4. The molecule has 1 unspecified atom stereocenters. The summed E-state index contributed by atoms with van der Waals surface area (Å²) in [6, 6.07) is 0. The number of fused-ring (bicyclic) bond motifs is 1. The summed E-state index contributed by atoms with van der Waals surface area (Å²) < 4.78 is 51.1. The van der Waals surface area contributed by atoms with Crippen molar-refractivity contribution in [1.82, 2.24) is 0 Å². The number of rotatable bonds is 21. The Morgan fingerprint density at radius 3 is 2.13 bits per heavy atom. The minimum absolute atomic E-state index is 0.0122. The molecule has 0 aromatic rings. The topological polar surface area (TPSA) is 98.8 Å². The summed E-state index contributed by atoms with van der Waals surface area (Å²) in [5, 5.41) is 0.0538. The summed E-state index contributed by atoms with van der Waals surface area (Å²) in [7, 11) is -4.41. The summed E-state index contributed by atoms with van der Waals surface area (Å²) in [6.45, 7) is 43.3. The molecule has 9 nitrogen and oxygen atoms in total. The zero-order valence-corrected chi connectivity index (χ0v) is 48.9. The van der Waals surface area contributed by atoms with Gasteiger partial charge in [0.25, 0.3) is 0 Å². The maximum Gasteiger partial charge on any atom is 0.193 e. The molecule has 0 aromatic heterocycles. The van der Waals surface area contributed by atoms with E-state index < -0.39 is 16.6 Å². The quantitative estimate of drug-likeness (QED) is 0.0482. The van der Waals surface area contributed by atoms with Gasteiger partial charge in [0.2, 0.25) is 0 Å². The molecule has 0 aromatic carbocycles. The van der Waals surface area contributed by atoms with E-state index in [1.165, 1.54) is 0 Å². The first kappa shape index (κ1) is 57.3. The SMILES string of the molecule is C=C1C[C@H](CCC=O)O[C@H]1CC[C@H]1C[C@@H](C)C(=C)[C@@H](C[C@@H]2O[C@H](C[C@H](C)CC)[C@H](C)[C@H]2CC(=O)CC2CC[C@@H]3O[C@@H]([C@H](/C=C/I)O[Si](C)(C)C(C)(C)C)[C@@H](O[Si](C)(C)C(C)(C)C)[C@@H](C)[C@H]3O2)O1. The van der Waals surface area contributed by atoms with E-state index in [1.807, 2.05) is 0 Å². The summed E-state index contributed by atoms with van der Waals surface area (Å²) in [6.07, 6.45) is 12.1. The second kappa shape index (κ2) is 24.0. The van der Waals surface area contributed by atoms with Gasteiger partial charge in [0, 0.05) is 31.6 Å². The van der Waals surface area contributed by atoms with Crippen LogP contribution in [0.15, 0.2) is 34.5 Å². The fourth-order valence-electron chi connectivity index (χ4n) is 10.9. The van der Waals surface area contributed by atoms with Crippen LogP contribution in [-0.2, 0) is 42.1 Å². The lowest BCUT2D eigenvalue weighted by Crippen LogP contribution is -2.64. The molecule has 5 aliphatic rings. The summed E-state index contributed by atoms with van der Waals surface area (Å²) in [5.74, 6) is 1.50. The summed E-state index contributed by atoms with van der Waals surface area (Å²) in [4.78, 5) is 25.4. The van der Waals surface area contributed by atoms with Crippen molar-refractivity contribution in [2.75, 3.05) is 0 Å². The van der Waals surface area contributed by atoms with Crippen LogP contribution < -0.4 is 0 Å². The Kier molecular flexibility index (Phi) is 20.5. The Hall–Kier alpha value is -0.556. The predicted octanol–water partition coefficient (Wildman–Crippen LogP) is 13.7. The maximum atomic E-state index is 14.5.